The van der Waals surface area contributed by atoms with Crippen molar-refractivity contribution in [1.29, 1.82) is 0 Å². The van der Waals surface area contributed by atoms with Crippen LogP contribution in [-0.4, -0.2) is 34.6 Å². The molecule has 1 aromatic carbocycles. The van der Waals surface area contributed by atoms with Crippen LogP contribution in [0, 0.1) is 0 Å². The number of carbonyl (C=O) groups is 2. The molecule has 18 heavy (non-hydrogen) atoms. The standard InChI is InChI=1S/C13H16N2O3/c1-9(10-5-3-2-4-6-10)15(13(17)18)11-7-12(16)14-8-11/h2-6,9,11H,7-8H2,1H3,(H,14,16)(H,17,18)/t9?,11-/m1/s1. The molecule has 1 heterocycles. The lowest BCUT2D eigenvalue weighted by molar-refractivity contribution is -0.119. The van der Waals surface area contributed by atoms with Crippen LogP contribution >= 0.6 is 0 Å². The van der Waals surface area contributed by atoms with Crippen molar-refractivity contribution >= 4 is 12.0 Å². The highest BCUT2D eigenvalue weighted by Gasteiger charge is 2.34. The summed E-state index contributed by atoms with van der Waals surface area (Å²) in [5, 5.41) is 12.0. The fourth-order valence-electron chi connectivity index (χ4n) is 2.32. The molecule has 1 aliphatic rings. The lowest BCUT2D eigenvalue weighted by Crippen LogP contribution is -2.42. The molecule has 1 aromatic rings. The normalized spacial score (nSPS) is 20.3. The number of benzene rings is 1. The molecule has 1 fully saturated rings. The minimum Gasteiger partial charge on any atom is -0.465 e. The Labute approximate surface area is 105 Å². The van der Waals surface area contributed by atoms with E-state index in [-0.39, 0.29) is 24.4 Å². The molecule has 0 bridgehead atoms. The monoisotopic (exact) mass is 248 g/mol. The van der Waals surface area contributed by atoms with E-state index in [2.05, 4.69) is 5.32 Å². The Bertz CT molecular complexity index is 447. The van der Waals surface area contributed by atoms with Crippen LogP contribution in [0.4, 0.5) is 4.79 Å². The first-order chi connectivity index (χ1) is 8.59. The Morgan fingerprint density at radius 1 is 1.44 bits per heavy atom. The Balaban J connectivity index is 2.20. The maximum Gasteiger partial charge on any atom is 0.408 e. The van der Waals surface area contributed by atoms with E-state index in [1.807, 2.05) is 37.3 Å². The third-order valence-corrected chi connectivity index (χ3v) is 3.27. The fraction of sp³-hybridized carbons (Fsp3) is 0.385. The SMILES string of the molecule is CC(c1ccccc1)N(C(=O)O)[C@H]1CNC(=O)C1. The number of hydrogen-bond acceptors (Lipinski definition) is 2. The molecule has 2 amide bonds. The molecule has 0 radical (unpaired) electrons. The minimum atomic E-state index is -0.993. The van der Waals surface area contributed by atoms with Gasteiger partial charge in [0.2, 0.25) is 5.91 Å². The van der Waals surface area contributed by atoms with Gasteiger partial charge < -0.3 is 10.4 Å². The molecular weight excluding hydrogens is 232 g/mol. The van der Waals surface area contributed by atoms with E-state index < -0.39 is 6.09 Å². The maximum atomic E-state index is 11.4. The highest BCUT2D eigenvalue weighted by atomic mass is 16.4. The fourth-order valence-corrected chi connectivity index (χ4v) is 2.32. The van der Waals surface area contributed by atoms with Gasteiger partial charge in [0, 0.05) is 13.0 Å². The summed E-state index contributed by atoms with van der Waals surface area (Å²) in [6.45, 7) is 2.23. The highest BCUT2D eigenvalue weighted by Crippen LogP contribution is 2.25. The molecule has 5 nitrogen and oxygen atoms in total. The molecule has 2 atom stereocenters. The predicted molar refractivity (Wildman–Crippen MR) is 66.1 cm³/mol. The van der Waals surface area contributed by atoms with E-state index in [9.17, 15) is 14.7 Å². The van der Waals surface area contributed by atoms with Gasteiger partial charge in [-0.15, -0.1) is 0 Å². The zero-order valence-corrected chi connectivity index (χ0v) is 10.2. The third-order valence-electron chi connectivity index (χ3n) is 3.27. The topological polar surface area (TPSA) is 69.6 Å². The number of carbonyl (C=O) groups excluding carboxylic acids is 1. The number of carboxylic acid groups (broad SMARTS) is 1. The van der Waals surface area contributed by atoms with Gasteiger partial charge in [0.15, 0.2) is 0 Å². The van der Waals surface area contributed by atoms with E-state index in [0.717, 1.165) is 5.56 Å². The summed E-state index contributed by atoms with van der Waals surface area (Å²) < 4.78 is 0. The van der Waals surface area contributed by atoms with Gasteiger partial charge in [-0.25, -0.2) is 4.79 Å². The lowest BCUT2D eigenvalue weighted by atomic mass is 10.0. The second-order valence-corrected chi connectivity index (χ2v) is 4.44. The van der Waals surface area contributed by atoms with Gasteiger partial charge in [-0.1, -0.05) is 30.3 Å². The van der Waals surface area contributed by atoms with Gasteiger partial charge in [0.05, 0.1) is 12.1 Å². The van der Waals surface area contributed by atoms with Gasteiger partial charge in [0.25, 0.3) is 0 Å². The first-order valence-electron chi connectivity index (χ1n) is 5.92. The molecular formula is C13H16N2O3. The van der Waals surface area contributed by atoms with E-state index >= 15 is 0 Å². The summed E-state index contributed by atoms with van der Waals surface area (Å²) in [6, 6.07) is 8.89. The maximum absolute atomic E-state index is 11.4. The van der Waals surface area contributed by atoms with Gasteiger partial charge in [-0.2, -0.15) is 0 Å². The van der Waals surface area contributed by atoms with Crippen LogP contribution < -0.4 is 5.32 Å². The largest absolute Gasteiger partial charge is 0.465 e. The Hall–Kier alpha value is -2.04. The zero-order valence-electron chi connectivity index (χ0n) is 10.2. The van der Waals surface area contributed by atoms with E-state index in [4.69, 9.17) is 0 Å². The molecule has 5 heteroatoms. The third kappa shape index (κ3) is 2.45. The quantitative estimate of drug-likeness (QED) is 0.854. The van der Waals surface area contributed by atoms with Gasteiger partial charge in [0.1, 0.15) is 0 Å². The van der Waals surface area contributed by atoms with Crippen LogP contribution in [0.15, 0.2) is 30.3 Å². The molecule has 2 rings (SSSR count). The van der Waals surface area contributed by atoms with Crippen LogP contribution in [0.2, 0.25) is 0 Å². The van der Waals surface area contributed by atoms with Gasteiger partial charge >= 0.3 is 6.09 Å². The van der Waals surface area contributed by atoms with Crippen molar-refractivity contribution in [2.75, 3.05) is 6.54 Å². The Morgan fingerprint density at radius 3 is 2.61 bits per heavy atom. The van der Waals surface area contributed by atoms with Gasteiger partial charge in [-0.05, 0) is 12.5 Å². The summed E-state index contributed by atoms with van der Waals surface area (Å²) in [6.07, 6.45) is -0.753. The highest BCUT2D eigenvalue weighted by molar-refractivity contribution is 5.80. The number of nitrogens with zero attached hydrogens (tertiary/aromatic N) is 1. The van der Waals surface area contributed by atoms with Crippen molar-refractivity contribution in [1.82, 2.24) is 10.2 Å². The molecule has 0 spiro atoms. The van der Waals surface area contributed by atoms with Crippen molar-refractivity contribution in [3.63, 3.8) is 0 Å². The Kier molecular flexibility index (Phi) is 3.50. The average molecular weight is 248 g/mol. The van der Waals surface area contributed by atoms with Crippen molar-refractivity contribution < 1.29 is 14.7 Å². The minimum absolute atomic E-state index is 0.0912. The van der Waals surface area contributed by atoms with Crippen LogP contribution in [0.25, 0.3) is 0 Å². The van der Waals surface area contributed by atoms with Crippen molar-refractivity contribution in [3.8, 4) is 0 Å². The molecule has 1 saturated heterocycles. The summed E-state index contributed by atoms with van der Waals surface area (Å²) in [4.78, 5) is 24.0. The second-order valence-electron chi connectivity index (χ2n) is 4.44. The van der Waals surface area contributed by atoms with Crippen LogP contribution in [-0.2, 0) is 4.79 Å². The number of hydrogen-bond donors (Lipinski definition) is 2. The molecule has 1 unspecified atom stereocenters. The lowest BCUT2D eigenvalue weighted by Gasteiger charge is -2.31. The van der Waals surface area contributed by atoms with E-state index in [1.54, 1.807) is 0 Å². The predicted octanol–water partition coefficient (Wildman–Crippen LogP) is 1.62. The molecule has 0 saturated carbocycles. The number of nitrogens with one attached hydrogen (secondary N) is 1. The molecule has 0 aliphatic carbocycles. The smallest absolute Gasteiger partial charge is 0.408 e. The van der Waals surface area contributed by atoms with Crippen LogP contribution in [0.3, 0.4) is 0 Å². The van der Waals surface area contributed by atoms with E-state index in [0.29, 0.717) is 6.54 Å². The molecule has 2 N–H and O–H groups in total. The van der Waals surface area contributed by atoms with Crippen molar-refractivity contribution in [2.45, 2.75) is 25.4 Å². The van der Waals surface area contributed by atoms with Crippen molar-refractivity contribution in [2.24, 2.45) is 0 Å². The average Bonchev–Trinajstić information content (AvgIpc) is 2.76. The van der Waals surface area contributed by atoms with E-state index in [1.165, 1.54) is 4.90 Å². The molecule has 0 aromatic heterocycles. The summed E-state index contributed by atoms with van der Waals surface area (Å²) in [5.41, 5.74) is 0.930. The summed E-state index contributed by atoms with van der Waals surface area (Å²) in [7, 11) is 0. The first kappa shape index (κ1) is 12.4. The number of amides is 2. The van der Waals surface area contributed by atoms with Crippen molar-refractivity contribution in [3.05, 3.63) is 35.9 Å². The molecule has 1 aliphatic heterocycles. The summed E-state index contributed by atoms with van der Waals surface area (Å²) in [5.74, 6) is -0.0912. The van der Waals surface area contributed by atoms with Gasteiger partial charge in [-0.3, -0.25) is 9.69 Å². The van der Waals surface area contributed by atoms with Crippen LogP contribution in [0.5, 0.6) is 0 Å². The molecule has 96 valence electrons. The first-order valence-corrected chi connectivity index (χ1v) is 5.92. The summed E-state index contributed by atoms with van der Waals surface area (Å²) >= 11 is 0. The number of rotatable bonds is 3. The Morgan fingerprint density at radius 2 is 2.11 bits per heavy atom. The second kappa shape index (κ2) is 5.08. The zero-order chi connectivity index (χ0) is 13.1. The van der Waals surface area contributed by atoms with Crippen LogP contribution in [0.1, 0.15) is 24.9 Å².